The van der Waals surface area contributed by atoms with Crippen LogP contribution >= 0.6 is 0 Å². The summed E-state index contributed by atoms with van der Waals surface area (Å²) >= 11 is 0. The standard InChI is InChI=1S/C10H20N4O3/c1-10(2,9(17)12-3)6-14-8(16)5-13-7(15)4-11/h4-6,11H2,1-3H3,(H,12,17)(H,13,15)(H,14,16). The summed E-state index contributed by atoms with van der Waals surface area (Å²) in [5.74, 6) is -0.918. The van der Waals surface area contributed by atoms with Crippen LogP contribution in [0.2, 0.25) is 0 Å². The fourth-order valence-corrected chi connectivity index (χ4v) is 1.05. The second-order valence-electron chi connectivity index (χ2n) is 4.22. The molecule has 0 aromatic heterocycles. The lowest BCUT2D eigenvalue weighted by Gasteiger charge is -2.22. The number of amides is 3. The SMILES string of the molecule is CNC(=O)C(C)(C)CNC(=O)CNC(=O)CN. The first-order valence-corrected chi connectivity index (χ1v) is 5.29. The molecule has 0 aliphatic heterocycles. The van der Waals surface area contributed by atoms with E-state index in [1.165, 1.54) is 7.05 Å². The van der Waals surface area contributed by atoms with E-state index in [0.717, 1.165) is 0 Å². The molecule has 0 aromatic rings. The van der Waals surface area contributed by atoms with Crippen molar-refractivity contribution in [2.75, 3.05) is 26.7 Å². The van der Waals surface area contributed by atoms with Gasteiger partial charge in [-0.15, -0.1) is 0 Å². The van der Waals surface area contributed by atoms with Gasteiger partial charge in [0.1, 0.15) is 0 Å². The molecule has 3 amide bonds. The largest absolute Gasteiger partial charge is 0.359 e. The van der Waals surface area contributed by atoms with Crippen LogP contribution in [0.1, 0.15) is 13.8 Å². The lowest BCUT2D eigenvalue weighted by atomic mass is 9.92. The van der Waals surface area contributed by atoms with Crippen molar-refractivity contribution < 1.29 is 14.4 Å². The maximum absolute atomic E-state index is 11.4. The summed E-state index contributed by atoms with van der Waals surface area (Å²) in [5, 5.41) is 7.41. The number of nitrogens with one attached hydrogen (secondary N) is 3. The number of carbonyl (C=O) groups is 3. The number of carbonyl (C=O) groups excluding carboxylic acids is 3. The summed E-state index contributed by atoms with van der Waals surface area (Å²) in [6, 6.07) is 0. The quantitative estimate of drug-likeness (QED) is 0.430. The van der Waals surface area contributed by atoms with Crippen LogP contribution in [0.25, 0.3) is 0 Å². The van der Waals surface area contributed by atoms with E-state index in [-0.39, 0.29) is 31.4 Å². The minimum atomic E-state index is -0.692. The number of nitrogens with two attached hydrogens (primary N) is 1. The Morgan fingerprint density at radius 3 is 2.18 bits per heavy atom. The van der Waals surface area contributed by atoms with Gasteiger partial charge in [0, 0.05) is 13.6 Å². The first kappa shape index (κ1) is 15.4. The predicted octanol–water partition coefficient (Wildman–Crippen LogP) is -2.05. The third-order valence-electron chi connectivity index (χ3n) is 2.20. The molecule has 7 nitrogen and oxygen atoms in total. The highest BCUT2D eigenvalue weighted by molar-refractivity contribution is 5.86. The molecule has 0 fully saturated rings. The van der Waals surface area contributed by atoms with Gasteiger partial charge in [0.15, 0.2) is 0 Å². The van der Waals surface area contributed by atoms with Gasteiger partial charge in [-0.05, 0) is 13.8 Å². The molecule has 0 aliphatic rings. The normalized spacial score (nSPS) is 10.6. The summed E-state index contributed by atoms with van der Waals surface area (Å²) in [7, 11) is 1.54. The smallest absolute Gasteiger partial charge is 0.239 e. The fourth-order valence-electron chi connectivity index (χ4n) is 1.05. The van der Waals surface area contributed by atoms with Crippen molar-refractivity contribution in [3.8, 4) is 0 Å². The van der Waals surface area contributed by atoms with Crippen LogP contribution in [-0.4, -0.2) is 44.4 Å². The van der Waals surface area contributed by atoms with E-state index in [1.54, 1.807) is 13.8 Å². The first-order valence-electron chi connectivity index (χ1n) is 5.29. The minimum absolute atomic E-state index is 0.139. The summed E-state index contributed by atoms with van der Waals surface area (Å²) in [5.41, 5.74) is 4.37. The van der Waals surface area contributed by atoms with E-state index >= 15 is 0 Å². The zero-order chi connectivity index (χ0) is 13.5. The Morgan fingerprint density at radius 1 is 1.12 bits per heavy atom. The lowest BCUT2D eigenvalue weighted by molar-refractivity contribution is -0.130. The van der Waals surface area contributed by atoms with Crippen molar-refractivity contribution in [1.82, 2.24) is 16.0 Å². The van der Waals surface area contributed by atoms with Gasteiger partial charge in [0.25, 0.3) is 0 Å². The Bertz CT molecular complexity index is 302. The van der Waals surface area contributed by atoms with E-state index in [1.807, 2.05) is 0 Å². The molecule has 0 aliphatic carbocycles. The molecule has 17 heavy (non-hydrogen) atoms. The molecule has 0 saturated heterocycles. The van der Waals surface area contributed by atoms with E-state index in [4.69, 9.17) is 5.73 Å². The maximum Gasteiger partial charge on any atom is 0.239 e. The summed E-state index contributed by atoms with van der Waals surface area (Å²) in [4.78, 5) is 33.5. The molecule has 0 rings (SSSR count). The molecular weight excluding hydrogens is 224 g/mol. The van der Waals surface area contributed by atoms with Gasteiger partial charge in [-0.3, -0.25) is 14.4 Å². The Morgan fingerprint density at radius 2 is 1.71 bits per heavy atom. The monoisotopic (exact) mass is 244 g/mol. The Kier molecular flexibility index (Phi) is 6.19. The average molecular weight is 244 g/mol. The molecule has 0 atom stereocenters. The number of hydrogen-bond acceptors (Lipinski definition) is 4. The summed E-state index contributed by atoms with van der Waals surface area (Å²) < 4.78 is 0. The Labute approximate surface area is 100 Å². The molecule has 0 bridgehead atoms. The highest BCUT2D eigenvalue weighted by Gasteiger charge is 2.26. The van der Waals surface area contributed by atoms with Crippen LogP contribution in [0.3, 0.4) is 0 Å². The van der Waals surface area contributed by atoms with Gasteiger partial charge in [0.2, 0.25) is 17.7 Å². The van der Waals surface area contributed by atoms with Crippen LogP contribution < -0.4 is 21.7 Å². The molecule has 0 heterocycles. The van der Waals surface area contributed by atoms with Crippen molar-refractivity contribution in [1.29, 1.82) is 0 Å². The van der Waals surface area contributed by atoms with Gasteiger partial charge in [0.05, 0.1) is 18.5 Å². The molecule has 7 heteroatoms. The minimum Gasteiger partial charge on any atom is -0.359 e. The maximum atomic E-state index is 11.4. The van der Waals surface area contributed by atoms with Gasteiger partial charge in [-0.25, -0.2) is 0 Å². The molecule has 0 radical (unpaired) electrons. The second kappa shape index (κ2) is 6.85. The lowest BCUT2D eigenvalue weighted by Crippen LogP contribution is -2.46. The zero-order valence-electron chi connectivity index (χ0n) is 10.4. The van der Waals surface area contributed by atoms with E-state index in [9.17, 15) is 14.4 Å². The highest BCUT2D eigenvalue weighted by Crippen LogP contribution is 2.12. The van der Waals surface area contributed by atoms with Gasteiger partial charge >= 0.3 is 0 Å². The molecule has 5 N–H and O–H groups in total. The van der Waals surface area contributed by atoms with Crippen LogP contribution in [0.15, 0.2) is 0 Å². The highest BCUT2D eigenvalue weighted by atomic mass is 16.2. The van der Waals surface area contributed by atoms with Gasteiger partial charge in [-0.1, -0.05) is 0 Å². The molecule has 0 aromatic carbocycles. The van der Waals surface area contributed by atoms with Crippen LogP contribution in [0.5, 0.6) is 0 Å². The Hall–Kier alpha value is -1.63. The van der Waals surface area contributed by atoms with Crippen LogP contribution in [0.4, 0.5) is 0 Å². The van der Waals surface area contributed by atoms with Gasteiger partial charge in [-0.2, -0.15) is 0 Å². The summed E-state index contributed by atoms with van der Waals surface area (Å²) in [6.45, 7) is 3.33. The van der Waals surface area contributed by atoms with Gasteiger partial charge < -0.3 is 21.7 Å². The first-order chi connectivity index (χ1) is 7.83. The fraction of sp³-hybridized carbons (Fsp3) is 0.700. The van der Waals surface area contributed by atoms with Crippen LogP contribution in [0, 0.1) is 5.41 Å². The third kappa shape index (κ3) is 5.86. The molecule has 0 spiro atoms. The average Bonchev–Trinajstić information content (AvgIpc) is 2.32. The molecule has 98 valence electrons. The molecule has 0 saturated carbocycles. The zero-order valence-corrected chi connectivity index (χ0v) is 10.4. The van der Waals surface area contributed by atoms with Crippen molar-refractivity contribution in [2.24, 2.45) is 11.1 Å². The second-order valence-corrected chi connectivity index (χ2v) is 4.22. The van der Waals surface area contributed by atoms with Crippen molar-refractivity contribution in [3.63, 3.8) is 0 Å². The number of rotatable bonds is 6. The van der Waals surface area contributed by atoms with E-state index in [2.05, 4.69) is 16.0 Å². The molecular formula is C10H20N4O3. The Balaban J connectivity index is 3.99. The topological polar surface area (TPSA) is 113 Å². The third-order valence-corrected chi connectivity index (χ3v) is 2.20. The predicted molar refractivity (Wildman–Crippen MR) is 62.9 cm³/mol. The van der Waals surface area contributed by atoms with E-state index in [0.29, 0.717) is 0 Å². The number of hydrogen-bond donors (Lipinski definition) is 4. The van der Waals surface area contributed by atoms with Crippen molar-refractivity contribution in [3.05, 3.63) is 0 Å². The van der Waals surface area contributed by atoms with Crippen molar-refractivity contribution in [2.45, 2.75) is 13.8 Å². The van der Waals surface area contributed by atoms with Crippen LogP contribution in [-0.2, 0) is 14.4 Å². The van der Waals surface area contributed by atoms with E-state index < -0.39 is 11.3 Å². The van der Waals surface area contributed by atoms with Crippen molar-refractivity contribution >= 4 is 17.7 Å². The molecule has 0 unspecified atom stereocenters. The summed E-state index contributed by atoms with van der Waals surface area (Å²) in [6.07, 6.45) is 0.